The highest BCUT2D eigenvalue weighted by atomic mass is 14.7. The Morgan fingerprint density at radius 3 is 0.854 bits per heavy atom. The van der Waals surface area contributed by atoms with Gasteiger partial charge in [-0.2, -0.15) is 0 Å². The van der Waals surface area contributed by atoms with Crippen molar-refractivity contribution in [3.63, 3.8) is 0 Å². The fourth-order valence-corrected chi connectivity index (χ4v) is 6.42. The van der Waals surface area contributed by atoms with E-state index in [0.717, 1.165) is 78.4 Å². The molecule has 8 aromatic rings. The molecule has 0 saturated carbocycles. The number of aromatic nitrogens is 2. The summed E-state index contributed by atoms with van der Waals surface area (Å²) in [7, 11) is 0. The lowest BCUT2D eigenvalue weighted by atomic mass is 9.88. The van der Waals surface area contributed by atoms with E-state index in [1.165, 1.54) is 0 Å². The SMILES string of the molecule is c1ccc(-c2ccc(-c3ccccc3)c(-c3ccccc3-c3ccccc3-c3nc(-c4ccccc4)ccc3-c3ccccc3)n2)cc1. The summed E-state index contributed by atoms with van der Waals surface area (Å²) < 4.78 is 0. The first kappa shape index (κ1) is 29.1. The third-order valence-electron chi connectivity index (χ3n) is 8.75. The summed E-state index contributed by atoms with van der Waals surface area (Å²) in [4.78, 5) is 10.8. The quantitative estimate of drug-likeness (QED) is 0.179. The molecular formula is C46H32N2. The van der Waals surface area contributed by atoms with Crippen LogP contribution < -0.4 is 0 Å². The number of hydrogen-bond acceptors (Lipinski definition) is 2. The zero-order chi connectivity index (χ0) is 32.1. The maximum atomic E-state index is 5.38. The summed E-state index contributed by atoms with van der Waals surface area (Å²) in [6.45, 7) is 0. The maximum Gasteiger partial charge on any atom is 0.0794 e. The molecule has 2 nitrogen and oxygen atoms in total. The molecule has 0 spiro atoms. The topological polar surface area (TPSA) is 25.8 Å². The predicted octanol–water partition coefficient (Wildman–Crippen LogP) is 12.1. The molecule has 6 aromatic carbocycles. The van der Waals surface area contributed by atoms with Crippen LogP contribution in [0.5, 0.6) is 0 Å². The van der Waals surface area contributed by atoms with Crippen molar-refractivity contribution < 1.29 is 0 Å². The second-order valence-corrected chi connectivity index (χ2v) is 11.7. The Morgan fingerprint density at radius 2 is 0.500 bits per heavy atom. The van der Waals surface area contributed by atoms with Gasteiger partial charge in [0.05, 0.1) is 22.8 Å². The van der Waals surface area contributed by atoms with E-state index in [0.29, 0.717) is 0 Å². The second kappa shape index (κ2) is 13.2. The molecule has 0 unspecified atom stereocenters. The third-order valence-corrected chi connectivity index (χ3v) is 8.75. The van der Waals surface area contributed by atoms with Crippen LogP contribution in [-0.2, 0) is 0 Å². The monoisotopic (exact) mass is 612 g/mol. The Bertz CT molecular complexity index is 2150. The summed E-state index contributed by atoms with van der Waals surface area (Å²) in [5, 5.41) is 0. The molecule has 2 aromatic heterocycles. The van der Waals surface area contributed by atoms with Gasteiger partial charge in [-0.15, -0.1) is 0 Å². The summed E-state index contributed by atoms with van der Waals surface area (Å²) in [6, 6.07) is 67.8. The molecule has 0 fully saturated rings. The van der Waals surface area contributed by atoms with E-state index < -0.39 is 0 Å². The van der Waals surface area contributed by atoms with Gasteiger partial charge in [0.1, 0.15) is 0 Å². The first-order chi connectivity index (χ1) is 23.8. The second-order valence-electron chi connectivity index (χ2n) is 11.7. The molecule has 48 heavy (non-hydrogen) atoms. The van der Waals surface area contributed by atoms with Gasteiger partial charge in [-0.1, -0.05) is 182 Å². The highest BCUT2D eigenvalue weighted by molar-refractivity contribution is 5.97. The number of nitrogens with zero attached hydrogens (tertiary/aromatic N) is 2. The molecule has 0 aliphatic heterocycles. The molecule has 0 radical (unpaired) electrons. The Morgan fingerprint density at radius 1 is 0.208 bits per heavy atom. The lowest BCUT2D eigenvalue weighted by Crippen LogP contribution is -1.97. The average Bonchev–Trinajstić information content (AvgIpc) is 3.19. The Balaban J connectivity index is 1.36. The van der Waals surface area contributed by atoms with Crippen molar-refractivity contribution in [1.29, 1.82) is 0 Å². The number of rotatable bonds is 7. The number of hydrogen-bond donors (Lipinski definition) is 0. The predicted molar refractivity (Wildman–Crippen MR) is 200 cm³/mol. The molecule has 0 saturated heterocycles. The largest absolute Gasteiger partial charge is 0.247 e. The minimum atomic E-state index is 0.942. The molecule has 0 N–H and O–H groups in total. The standard InChI is InChI=1S/C46H32N2/c1-5-17-33(18-6-1)37-29-31-43(35-21-9-3-10-22-35)47-45(37)41-27-15-13-25-39(41)40-26-14-16-28-42(40)46-38(34-19-7-2-8-20-34)30-32-44(48-46)36-23-11-4-12-24-36/h1-32H. The normalized spacial score (nSPS) is 10.9. The van der Waals surface area contributed by atoms with Gasteiger partial charge in [-0.25, -0.2) is 9.97 Å². The summed E-state index contributed by atoms with van der Waals surface area (Å²) in [5.74, 6) is 0. The Hall–Kier alpha value is -6.38. The molecule has 0 atom stereocenters. The van der Waals surface area contributed by atoms with Crippen molar-refractivity contribution in [3.05, 3.63) is 194 Å². The van der Waals surface area contributed by atoms with Crippen LogP contribution in [0.1, 0.15) is 0 Å². The van der Waals surface area contributed by atoms with Gasteiger partial charge in [-0.3, -0.25) is 0 Å². The number of benzene rings is 6. The fraction of sp³-hybridized carbons (Fsp3) is 0. The third kappa shape index (κ3) is 5.72. The molecule has 0 bridgehead atoms. The van der Waals surface area contributed by atoms with E-state index in [1.54, 1.807) is 0 Å². The van der Waals surface area contributed by atoms with Crippen molar-refractivity contribution in [1.82, 2.24) is 9.97 Å². The minimum absolute atomic E-state index is 0.942. The van der Waals surface area contributed by atoms with Crippen LogP contribution in [0.15, 0.2) is 194 Å². The lowest BCUT2D eigenvalue weighted by molar-refractivity contribution is 1.31. The Kier molecular flexibility index (Phi) is 7.96. The van der Waals surface area contributed by atoms with Crippen LogP contribution in [0.3, 0.4) is 0 Å². The van der Waals surface area contributed by atoms with Gasteiger partial charge in [0.25, 0.3) is 0 Å². The fourth-order valence-electron chi connectivity index (χ4n) is 6.42. The zero-order valence-electron chi connectivity index (χ0n) is 26.4. The van der Waals surface area contributed by atoms with E-state index in [9.17, 15) is 0 Å². The summed E-state index contributed by atoms with van der Waals surface area (Å²) >= 11 is 0. The first-order valence-electron chi connectivity index (χ1n) is 16.3. The highest BCUT2D eigenvalue weighted by Crippen LogP contribution is 2.43. The smallest absolute Gasteiger partial charge is 0.0794 e. The Labute approximate surface area is 281 Å². The van der Waals surface area contributed by atoms with Crippen LogP contribution >= 0.6 is 0 Å². The van der Waals surface area contributed by atoms with Crippen molar-refractivity contribution >= 4 is 0 Å². The molecule has 0 aliphatic carbocycles. The molecule has 2 heterocycles. The zero-order valence-corrected chi connectivity index (χ0v) is 26.4. The first-order valence-corrected chi connectivity index (χ1v) is 16.3. The average molecular weight is 613 g/mol. The van der Waals surface area contributed by atoms with Crippen LogP contribution in [0.2, 0.25) is 0 Å². The summed E-state index contributed by atoms with van der Waals surface area (Å²) in [6.07, 6.45) is 0. The highest BCUT2D eigenvalue weighted by Gasteiger charge is 2.20. The molecule has 0 amide bonds. The van der Waals surface area contributed by atoms with Crippen LogP contribution in [0.4, 0.5) is 0 Å². The van der Waals surface area contributed by atoms with Crippen molar-refractivity contribution in [2.45, 2.75) is 0 Å². The van der Waals surface area contributed by atoms with Gasteiger partial charge in [0.2, 0.25) is 0 Å². The maximum absolute atomic E-state index is 5.38. The van der Waals surface area contributed by atoms with Gasteiger partial charge in [0.15, 0.2) is 0 Å². The lowest BCUT2D eigenvalue weighted by Gasteiger charge is -2.19. The minimum Gasteiger partial charge on any atom is -0.247 e. The van der Waals surface area contributed by atoms with E-state index in [4.69, 9.17) is 9.97 Å². The van der Waals surface area contributed by atoms with Gasteiger partial charge >= 0.3 is 0 Å². The van der Waals surface area contributed by atoms with Crippen LogP contribution in [-0.4, -0.2) is 9.97 Å². The molecule has 226 valence electrons. The van der Waals surface area contributed by atoms with Crippen LogP contribution in [0, 0.1) is 0 Å². The van der Waals surface area contributed by atoms with Crippen molar-refractivity contribution in [3.8, 4) is 78.4 Å². The van der Waals surface area contributed by atoms with E-state index in [-0.39, 0.29) is 0 Å². The van der Waals surface area contributed by atoms with Gasteiger partial charge in [-0.05, 0) is 34.4 Å². The molecule has 0 aliphatic rings. The molecule has 8 rings (SSSR count). The van der Waals surface area contributed by atoms with Crippen molar-refractivity contribution in [2.24, 2.45) is 0 Å². The van der Waals surface area contributed by atoms with E-state index in [2.05, 4.69) is 182 Å². The van der Waals surface area contributed by atoms with E-state index >= 15 is 0 Å². The van der Waals surface area contributed by atoms with Gasteiger partial charge in [0, 0.05) is 33.4 Å². The van der Waals surface area contributed by atoms with Crippen LogP contribution in [0.25, 0.3) is 78.4 Å². The van der Waals surface area contributed by atoms with Gasteiger partial charge < -0.3 is 0 Å². The van der Waals surface area contributed by atoms with E-state index in [1.807, 2.05) is 12.1 Å². The summed E-state index contributed by atoms with van der Waals surface area (Å²) in [5.41, 5.74) is 14.8. The number of pyridine rings is 2. The van der Waals surface area contributed by atoms with Crippen molar-refractivity contribution in [2.75, 3.05) is 0 Å². The molecule has 2 heteroatoms. The molecular weight excluding hydrogens is 581 g/mol.